The summed E-state index contributed by atoms with van der Waals surface area (Å²) < 4.78 is 16.9. The first-order valence-corrected chi connectivity index (χ1v) is 31.6. The molecular formula is C68H118O6. The van der Waals surface area contributed by atoms with E-state index in [0.717, 1.165) is 109 Å². The zero-order chi connectivity index (χ0) is 53.6. The third-order valence-electron chi connectivity index (χ3n) is 13.6. The van der Waals surface area contributed by atoms with Gasteiger partial charge in [-0.05, 0) is 89.9 Å². The zero-order valence-electron chi connectivity index (χ0n) is 48.8. The highest BCUT2D eigenvalue weighted by atomic mass is 16.6. The predicted molar refractivity (Wildman–Crippen MR) is 321 cm³/mol. The quantitative estimate of drug-likeness (QED) is 0.0261. The van der Waals surface area contributed by atoms with Crippen molar-refractivity contribution < 1.29 is 28.6 Å². The molecule has 1 unspecified atom stereocenters. The summed E-state index contributed by atoms with van der Waals surface area (Å²) in [5, 5.41) is 0. The van der Waals surface area contributed by atoms with Crippen LogP contribution in [-0.2, 0) is 28.6 Å². The van der Waals surface area contributed by atoms with Gasteiger partial charge in [-0.25, -0.2) is 0 Å². The van der Waals surface area contributed by atoms with Crippen LogP contribution in [0, 0.1) is 0 Å². The van der Waals surface area contributed by atoms with E-state index in [1.54, 1.807) is 0 Å². The monoisotopic (exact) mass is 1030 g/mol. The molecule has 0 radical (unpaired) electrons. The van der Waals surface area contributed by atoms with Crippen molar-refractivity contribution in [3.63, 3.8) is 0 Å². The lowest BCUT2D eigenvalue weighted by molar-refractivity contribution is -0.167. The van der Waals surface area contributed by atoms with Crippen LogP contribution in [0.25, 0.3) is 0 Å². The van der Waals surface area contributed by atoms with Crippen LogP contribution in [0.3, 0.4) is 0 Å². The SMILES string of the molecule is CC/C=C\C/C=C\C/C=C\C/C=C\CCCCCCCCCCCCCCCCCCC(=O)OCC(COC(=O)CCCCCCCCCCCC)OC(=O)CCCCCCCCC/C=C\C/C=C\C/C=C\CC. The van der Waals surface area contributed by atoms with Gasteiger partial charge in [0.05, 0.1) is 0 Å². The lowest BCUT2D eigenvalue weighted by Crippen LogP contribution is -2.30. The molecule has 0 amide bonds. The van der Waals surface area contributed by atoms with Crippen molar-refractivity contribution in [2.75, 3.05) is 13.2 Å². The lowest BCUT2D eigenvalue weighted by Gasteiger charge is -2.18. The average Bonchev–Trinajstić information content (AvgIpc) is 3.40. The Labute approximate surface area is 458 Å². The number of hydrogen-bond donors (Lipinski definition) is 0. The number of rotatable bonds is 57. The molecule has 0 spiro atoms. The topological polar surface area (TPSA) is 78.9 Å². The average molecular weight is 1030 g/mol. The molecule has 426 valence electrons. The van der Waals surface area contributed by atoms with Crippen LogP contribution in [-0.4, -0.2) is 37.2 Å². The second kappa shape index (κ2) is 62.1. The molecule has 0 bridgehead atoms. The fourth-order valence-electron chi connectivity index (χ4n) is 8.98. The fourth-order valence-corrected chi connectivity index (χ4v) is 8.98. The van der Waals surface area contributed by atoms with Crippen molar-refractivity contribution in [3.8, 4) is 0 Å². The van der Waals surface area contributed by atoms with Crippen LogP contribution in [0.5, 0.6) is 0 Å². The van der Waals surface area contributed by atoms with Gasteiger partial charge in [0.15, 0.2) is 6.10 Å². The Hall–Kier alpha value is -3.41. The summed E-state index contributed by atoms with van der Waals surface area (Å²) in [7, 11) is 0. The normalized spacial score (nSPS) is 12.6. The lowest BCUT2D eigenvalue weighted by atomic mass is 10.0. The third kappa shape index (κ3) is 59.5. The summed E-state index contributed by atoms with van der Waals surface area (Å²) in [5.74, 6) is -0.876. The molecule has 0 aromatic heterocycles. The minimum absolute atomic E-state index is 0.0766. The minimum atomic E-state index is -0.779. The Morgan fingerprint density at radius 3 is 0.824 bits per heavy atom. The molecule has 0 saturated heterocycles. The first-order chi connectivity index (χ1) is 36.5. The Kier molecular flexibility index (Phi) is 59.3. The van der Waals surface area contributed by atoms with E-state index < -0.39 is 6.10 Å². The van der Waals surface area contributed by atoms with E-state index in [-0.39, 0.29) is 31.1 Å². The minimum Gasteiger partial charge on any atom is -0.462 e. The maximum atomic E-state index is 12.9. The standard InChI is InChI=1S/C68H118O6/c1-4-7-10-13-16-19-22-24-26-28-29-30-31-32-33-34-35-36-37-38-39-41-42-44-46-49-52-55-58-61-67(70)73-64-65(63-72-66(69)60-57-54-51-48-21-18-15-12-9-6-3)74-68(71)62-59-56-53-50-47-45-43-40-27-25-23-20-17-14-11-8-5-2/h7-8,10-11,16-17,19-20,24-27,29-30,65H,4-6,9,12-15,18,21-23,28,31-64H2,1-3H3/b10-7-,11-8-,19-16-,20-17-,26-24-,27-25-,30-29-. The Morgan fingerprint density at radius 2 is 0.527 bits per heavy atom. The molecule has 6 heteroatoms. The van der Waals surface area contributed by atoms with E-state index >= 15 is 0 Å². The van der Waals surface area contributed by atoms with E-state index in [4.69, 9.17) is 14.2 Å². The third-order valence-corrected chi connectivity index (χ3v) is 13.6. The number of allylic oxidation sites excluding steroid dienone is 14. The molecule has 0 saturated carbocycles. The van der Waals surface area contributed by atoms with Crippen LogP contribution in [0.4, 0.5) is 0 Å². The van der Waals surface area contributed by atoms with Gasteiger partial charge >= 0.3 is 17.9 Å². The van der Waals surface area contributed by atoms with Gasteiger partial charge in [0, 0.05) is 19.3 Å². The summed E-state index contributed by atoms with van der Waals surface area (Å²) in [6.45, 7) is 6.42. The molecular weight excluding hydrogens is 913 g/mol. The van der Waals surface area contributed by atoms with Crippen LogP contribution >= 0.6 is 0 Å². The first kappa shape index (κ1) is 70.6. The van der Waals surface area contributed by atoms with Crippen molar-refractivity contribution in [1.82, 2.24) is 0 Å². The molecule has 0 fully saturated rings. The first-order valence-electron chi connectivity index (χ1n) is 31.6. The molecule has 1 atom stereocenters. The maximum absolute atomic E-state index is 12.9. The highest BCUT2D eigenvalue weighted by Crippen LogP contribution is 2.17. The van der Waals surface area contributed by atoms with Gasteiger partial charge in [-0.1, -0.05) is 286 Å². The van der Waals surface area contributed by atoms with Crippen molar-refractivity contribution in [2.45, 2.75) is 316 Å². The molecule has 0 aromatic rings. The number of carbonyl (C=O) groups is 3. The van der Waals surface area contributed by atoms with Crippen molar-refractivity contribution in [3.05, 3.63) is 85.1 Å². The molecule has 74 heavy (non-hydrogen) atoms. The summed E-state index contributed by atoms with van der Waals surface area (Å²) in [4.78, 5) is 38.2. The van der Waals surface area contributed by atoms with Gasteiger partial charge in [0.1, 0.15) is 13.2 Å². The smallest absolute Gasteiger partial charge is 0.306 e. The van der Waals surface area contributed by atoms with Gasteiger partial charge in [-0.2, -0.15) is 0 Å². The Balaban J connectivity index is 4.17. The number of carbonyl (C=O) groups excluding carboxylic acids is 3. The van der Waals surface area contributed by atoms with Gasteiger partial charge in [0.2, 0.25) is 0 Å². The number of ether oxygens (including phenoxy) is 3. The molecule has 0 aliphatic rings. The second-order valence-electron chi connectivity index (χ2n) is 20.9. The highest BCUT2D eigenvalue weighted by Gasteiger charge is 2.19. The molecule has 0 aliphatic carbocycles. The van der Waals surface area contributed by atoms with Gasteiger partial charge in [-0.3, -0.25) is 14.4 Å². The molecule has 0 N–H and O–H groups in total. The van der Waals surface area contributed by atoms with E-state index in [1.807, 2.05) is 0 Å². The van der Waals surface area contributed by atoms with Gasteiger partial charge in [0.25, 0.3) is 0 Å². The second-order valence-corrected chi connectivity index (χ2v) is 20.9. The number of hydrogen-bond acceptors (Lipinski definition) is 6. The molecule has 6 nitrogen and oxygen atoms in total. The summed E-state index contributed by atoms with van der Waals surface area (Å²) in [5.41, 5.74) is 0. The van der Waals surface area contributed by atoms with Crippen LogP contribution < -0.4 is 0 Å². The van der Waals surface area contributed by atoms with E-state index in [1.165, 1.54) is 161 Å². The molecule has 0 aliphatic heterocycles. The van der Waals surface area contributed by atoms with E-state index in [0.29, 0.717) is 19.3 Å². The van der Waals surface area contributed by atoms with Crippen LogP contribution in [0.1, 0.15) is 310 Å². The molecule has 0 heterocycles. The molecule has 0 rings (SSSR count). The van der Waals surface area contributed by atoms with E-state index in [2.05, 4.69) is 106 Å². The summed E-state index contributed by atoms with van der Waals surface area (Å²) in [6, 6.07) is 0. The number of esters is 3. The van der Waals surface area contributed by atoms with E-state index in [9.17, 15) is 14.4 Å². The molecule has 0 aromatic carbocycles. The largest absolute Gasteiger partial charge is 0.462 e. The predicted octanol–water partition coefficient (Wildman–Crippen LogP) is 21.5. The van der Waals surface area contributed by atoms with Gasteiger partial charge in [-0.15, -0.1) is 0 Å². The zero-order valence-corrected chi connectivity index (χ0v) is 48.8. The van der Waals surface area contributed by atoms with Crippen molar-refractivity contribution in [2.24, 2.45) is 0 Å². The number of unbranched alkanes of at least 4 members (excludes halogenated alkanes) is 32. The van der Waals surface area contributed by atoms with Crippen molar-refractivity contribution in [1.29, 1.82) is 0 Å². The fraction of sp³-hybridized carbons (Fsp3) is 0.750. The highest BCUT2D eigenvalue weighted by molar-refractivity contribution is 5.71. The van der Waals surface area contributed by atoms with Crippen molar-refractivity contribution >= 4 is 17.9 Å². The Bertz CT molecular complexity index is 1420. The van der Waals surface area contributed by atoms with Crippen LogP contribution in [0.15, 0.2) is 85.1 Å². The van der Waals surface area contributed by atoms with Gasteiger partial charge < -0.3 is 14.2 Å². The van der Waals surface area contributed by atoms with Crippen LogP contribution in [0.2, 0.25) is 0 Å². The summed E-state index contributed by atoms with van der Waals surface area (Å²) in [6.07, 6.45) is 81.7. The maximum Gasteiger partial charge on any atom is 0.306 e. The Morgan fingerprint density at radius 1 is 0.284 bits per heavy atom. The summed E-state index contributed by atoms with van der Waals surface area (Å²) >= 11 is 0.